The zero-order valence-electron chi connectivity index (χ0n) is 8.63. The number of rotatable bonds is 3. The van der Waals surface area contributed by atoms with Crippen LogP contribution in [0.15, 0.2) is 0 Å². The van der Waals surface area contributed by atoms with Crippen molar-refractivity contribution in [2.75, 3.05) is 0 Å². The molecule has 0 saturated heterocycles. The first-order chi connectivity index (χ1) is 6.98. The molecule has 0 amide bonds. The Balaban J connectivity index is 3.07. The van der Waals surface area contributed by atoms with Crippen molar-refractivity contribution in [3.63, 3.8) is 0 Å². The average Bonchev–Trinajstić information content (AvgIpc) is 2.44. The first kappa shape index (κ1) is 13.9. The standard InChI is InChI=1S/C9H11Cl3O4/c1-7(2)4(3-8(10,11)12)9(7,5(13)14)6(15)16/h4H,3H2,1-2H3,(H,13,14)(H,15,16). The van der Waals surface area contributed by atoms with Crippen LogP contribution < -0.4 is 0 Å². The molecule has 16 heavy (non-hydrogen) atoms. The van der Waals surface area contributed by atoms with Gasteiger partial charge in [0.05, 0.1) is 0 Å². The lowest BCUT2D eigenvalue weighted by atomic mass is 9.96. The van der Waals surface area contributed by atoms with Crippen molar-refractivity contribution in [2.24, 2.45) is 16.7 Å². The smallest absolute Gasteiger partial charge is 0.321 e. The quantitative estimate of drug-likeness (QED) is 0.618. The molecule has 1 aliphatic carbocycles. The van der Waals surface area contributed by atoms with Crippen LogP contribution in [-0.4, -0.2) is 25.9 Å². The Labute approximate surface area is 107 Å². The Morgan fingerprint density at radius 2 is 1.56 bits per heavy atom. The van der Waals surface area contributed by atoms with Gasteiger partial charge < -0.3 is 10.2 Å². The van der Waals surface area contributed by atoms with E-state index in [1.54, 1.807) is 13.8 Å². The predicted molar refractivity (Wildman–Crippen MR) is 59.9 cm³/mol. The molecule has 0 aromatic rings. The third kappa shape index (κ3) is 1.77. The van der Waals surface area contributed by atoms with Gasteiger partial charge in [-0.05, 0) is 17.8 Å². The number of aliphatic carboxylic acids is 2. The summed E-state index contributed by atoms with van der Waals surface area (Å²) in [6.45, 7) is 3.10. The van der Waals surface area contributed by atoms with Crippen LogP contribution in [0.3, 0.4) is 0 Å². The maximum Gasteiger partial charge on any atom is 0.321 e. The summed E-state index contributed by atoms with van der Waals surface area (Å²) in [7, 11) is 0. The molecule has 1 saturated carbocycles. The fraction of sp³-hybridized carbons (Fsp3) is 0.778. The number of alkyl halides is 3. The van der Waals surface area contributed by atoms with E-state index in [9.17, 15) is 9.59 Å². The molecule has 1 fully saturated rings. The summed E-state index contributed by atoms with van der Waals surface area (Å²) in [6, 6.07) is 0. The second kappa shape index (κ2) is 3.65. The Hall–Kier alpha value is -0.190. The molecule has 4 nitrogen and oxygen atoms in total. The summed E-state index contributed by atoms with van der Waals surface area (Å²) in [4.78, 5) is 22.3. The molecular weight excluding hydrogens is 278 g/mol. The lowest BCUT2D eigenvalue weighted by Crippen LogP contribution is -2.31. The molecular formula is C9H11Cl3O4. The van der Waals surface area contributed by atoms with E-state index in [2.05, 4.69) is 0 Å². The molecule has 0 radical (unpaired) electrons. The van der Waals surface area contributed by atoms with Gasteiger partial charge >= 0.3 is 11.9 Å². The van der Waals surface area contributed by atoms with Gasteiger partial charge in [0.25, 0.3) is 0 Å². The highest BCUT2D eigenvalue weighted by Gasteiger charge is 2.81. The lowest BCUT2D eigenvalue weighted by Gasteiger charge is -2.11. The van der Waals surface area contributed by atoms with Crippen LogP contribution in [0.4, 0.5) is 0 Å². The molecule has 0 spiro atoms. The summed E-state index contributed by atoms with van der Waals surface area (Å²) in [5.41, 5.74) is -2.77. The van der Waals surface area contributed by atoms with E-state index in [0.717, 1.165) is 0 Å². The molecule has 92 valence electrons. The minimum absolute atomic E-state index is 0.0940. The first-order valence-corrected chi connectivity index (χ1v) is 5.65. The number of hydrogen-bond acceptors (Lipinski definition) is 2. The highest BCUT2D eigenvalue weighted by atomic mass is 35.6. The zero-order valence-corrected chi connectivity index (χ0v) is 10.9. The van der Waals surface area contributed by atoms with Gasteiger partial charge in [0, 0.05) is 0 Å². The van der Waals surface area contributed by atoms with E-state index in [0.29, 0.717) is 0 Å². The van der Waals surface area contributed by atoms with Crippen LogP contribution in [0.5, 0.6) is 0 Å². The van der Waals surface area contributed by atoms with Gasteiger partial charge in [0.15, 0.2) is 9.21 Å². The number of carboxylic acids is 2. The molecule has 0 heterocycles. The third-order valence-corrected chi connectivity index (χ3v) is 3.90. The summed E-state index contributed by atoms with van der Waals surface area (Å²) in [5.74, 6) is -3.46. The molecule has 1 atom stereocenters. The van der Waals surface area contributed by atoms with Gasteiger partial charge in [-0.3, -0.25) is 9.59 Å². The number of carboxylic acid groups (broad SMARTS) is 2. The Morgan fingerprint density at radius 1 is 1.19 bits per heavy atom. The third-order valence-electron chi connectivity index (χ3n) is 3.44. The predicted octanol–water partition coefficient (Wildman–Crippen LogP) is 2.56. The SMILES string of the molecule is CC1(C)C(CC(Cl)(Cl)Cl)C1(C(=O)O)C(=O)O. The fourth-order valence-corrected chi connectivity index (χ4v) is 2.91. The van der Waals surface area contributed by atoms with Crippen molar-refractivity contribution in [3.8, 4) is 0 Å². The Morgan fingerprint density at radius 3 is 1.75 bits per heavy atom. The molecule has 1 rings (SSSR count). The molecule has 0 aromatic carbocycles. The highest BCUT2D eigenvalue weighted by Crippen LogP contribution is 2.72. The van der Waals surface area contributed by atoms with E-state index in [1.807, 2.05) is 0 Å². The van der Waals surface area contributed by atoms with Gasteiger partial charge in [-0.25, -0.2) is 0 Å². The molecule has 7 heteroatoms. The molecule has 0 bridgehead atoms. The van der Waals surface area contributed by atoms with Crippen LogP contribution in [0.25, 0.3) is 0 Å². The van der Waals surface area contributed by atoms with E-state index < -0.39 is 32.5 Å². The molecule has 1 aliphatic rings. The first-order valence-electron chi connectivity index (χ1n) is 4.51. The number of carbonyl (C=O) groups is 2. The summed E-state index contributed by atoms with van der Waals surface area (Å²) in [6.07, 6.45) is -0.0940. The van der Waals surface area contributed by atoms with Gasteiger partial charge in [-0.2, -0.15) is 0 Å². The second-order valence-corrected chi connectivity index (χ2v) is 7.03. The molecule has 1 unspecified atom stereocenters. The van der Waals surface area contributed by atoms with Gasteiger partial charge in [-0.15, -0.1) is 0 Å². The maximum atomic E-state index is 11.1. The van der Waals surface area contributed by atoms with Crippen LogP contribution in [0.1, 0.15) is 20.3 Å². The normalized spacial score (nSPS) is 26.2. The average molecular weight is 290 g/mol. The van der Waals surface area contributed by atoms with E-state index in [4.69, 9.17) is 45.0 Å². The highest BCUT2D eigenvalue weighted by molar-refractivity contribution is 6.67. The minimum Gasteiger partial charge on any atom is -0.480 e. The van der Waals surface area contributed by atoms with E-state index in [1.165, 1.54) is 0 Å². The van der Waals surface area contributed by atoms with Gasteiger partial charge in [0.1, 0.15) is 0 Å². The lowest BCUT2D eigenvalue weighted by molar-refractivity contribution is -0.159. The Bertz CT molecular complexity index is 331. The topological polar surface area (TPSA) is 74.6 Å². The van der Waals surface area contributed by atoms with Crippen LogP contribution in [0.2, 0.25) is 0 Å². The zero-order chi connectivity index (χ0) is 12.9. The fourth-order valence-electron chi connectivity index (χ4n) is 2.45. The van der Waals surface area contributed by atoms with Crippen molar-refractivity contribution in [3.05, 3.63) is 0 Å². The van der Waals surface area contributed by atoms with Crippen molar-refractivity contribution < 1.29 is 19.8 Å². The van der Waals surface area contributed by atoms with Crippen molar-refractivity contribution in [1.29, 1.82) is 0 Å². The van der Waals surface area contributed by atoms with Crippen molar-refractivity contribution >= 4 is 46.7 Å². The van der Waals surface area contributed by atoms with Gasteiger partial charge in [-0.1, -0.05) is 48.7 Å². The summed E-state index contributed by atoms with van der Waals surface area (Å²) >= 11 is 16.7. The summed E-state index contributed by atoms with van der Waals surface area (Å²) in [5, 5.41) is 18.1. The van der Waals surface area contributed by atoms with Crippen LogP contribution in [0, 0.1) is 16.7 Å². The number of halogens is 3. The largest absolute Gasteiger partial charge is 0.480 e. The second-order valence-electron chi connectivity index (χ2n) is 4.51. The number of hydrogen-bond donors (Lipinski definition) is 2. The molecule has 2 N–H and O–H groups in total. The maximum absolute atomic E-state index is 11.1. The summed E-state index contributed by atoms with van der Waals surface area (Å²) < 4.78 is -1.64. The molecule has 0 aliphatic heterocycles. The van der Waals surface area contributed by atoms with Crippen LogP contribution >= 0.6 is 34.8 Å². The Kier molecular flexibility index (Phi) is 3.17. The van der Waals surface area contributed by atoms with E-state index in [-0.39, 0.29) is 6.42 Å². The van der Waals surface area contributed by atoms with Gasteiger partial charge in [0.2, 0.25) is 0 Å². The van der Waals surface area contributed by atoms with Crippen LogP contribution in [-0.2, 0) is 9.59 Å². The van der Waals surface area contributed by atoms with Crippen molar-refractivity contribution in [2.45, 2.75) is 24.1 Å². The van der Waals surface area contributed by atoms with E-state index >= 15 is 0 Å². The minimum atomic E-state index is -1.85. The monoisotopic (exact) mass is 288 g/mol. The van der Waals surface area contributed by atoms with Crippen molar-refractivity contribution in [1.82, 2.24) is 0 Å². The molecule has 0 aromatic heterocycles.